The van der Waals surface area contributed by atoms with E-state index in [4.69, 9.17) is 0 Å². The number of benzene rings is 1. The minimum atomic E-state index is -0.637. The Balaban J connectivity index is 2.54. The van der Waals surface area contributed by atoms with Gasteiger partial charge in [0.05, 0.1) is 0 Å². The standard InChI is InChI=1S/C14H17FO/c1-2-3-4-8-11-13(15)14(16)12-9-6-5-7-10-12/h5-7,9-11H,2-4,8H2,1H3. The number of allylic oxidation sites excluding steroid dienone is 2. The van der Waals surface area contributed by atoms with Crippen LogP contribution in [-0.2, 0) is 0 Å². The van der Waals surface area contributed by atoms with Gasteiger partial charge in [0.1, 0.15) is 0 Å². The van der Waals surface area contributed by atoms with Gasteiger partial charge in [-0.3, -0.25) is 4.79 Å². The highest BCUT2D eigenvalue weighted by molar-refractivity contribution is 6.07. The fourth-order valence-corrected chi connectivity index (χ4v) is 1.44. The number of Topliss-reactive ketones (excluding diaryl/α,β-unsaturated/α-hetero) is 1. The first kappa shape index (κ1) is 12.6. The Morgan fingerprint density at radius 3 is 2.56 bits per heavy atom. The lowest BCUT2D eigenvalue weighted by atomic mass is 10.1. The Labute approximate surface area is 96.0 Å². The Kier molecular flexibility index (Phi) is 5.48. The SMILES string of the molecule is CCCCCC=C(F)C(=O)c1ccccc1. The molecular formula is C14H17FO. The molecule has 0 saturated carbocycles. The zero-order valence-electron chi connectivity index (χ0n) is 9.58. The molecule has 0 bridgehead atoms. The molecule has 0 amide bonds. The van der Waals surface area contributed by atoms with Gasteiger partial charge in [-0.05, 0) is 18.9 Å². The molecule has 1 nitrogen and oxygen atoms in total. The lowest BCUT2D eigenvalue weighted by Gasteiger charge is -1.98. The minimum absolute atomic E-state index is 0.409. The van der Waals surface area contributed by atoms with Crippen molar-refractivity contribution in [3.8, 4) is 0 Å². The predicted molar refractivity (Wildman–Crippen MR) is 64.1 cm³/mol. The zero-order valence-corrected chi connectivity index (χ0v) is 9.58. The average molecular weight is 220 g/mol. The highest BCUT2D eigenvalue weighted by Gasteiger charge is 2.10. The summed E-state index contributed by atoms with van der Waals surface area (Å²) in [6, 6.07) is 8.53. The van der Waals surface area contributed by atoms with E-state index in [1.54, 1.807) is 30.3 Å². The summed E-state index contributed by atoms with van der Waals surface area (Å²) in [5.41, 5.74) is 0.409. The van der Waals surface area contributed by atoms with Gasteiger partial charge in [0.25, 0.3) is 0 Å². The van der Waals surface area contributed by atoms with Crippen molar-refractivity contribution in [1.29, 1.82) is 0 Å². The van der Waals surface area contributed by atoms with E-state index in [2.05, 4.69) is 6.92 Å². The number of rotatable bonds is 6. The monoisotopic (exact) mass is 220 g/mol. The normalized spacial score (nSPS) is 11.5. The van der Waals surface area contributed by atoms with E-state index in [0.717, 1.165) is 19.3 Å². The number of carbonyl (C=O) groups excluding carboxylic acids is 1. The zero-order chi connectivity index (χ0) is 11.8. The fraction of sp³-hybridized carbons (Fsp3) is 0.357. The van der Waals surface area contributed by atoms with Crippen molar-refractivity contribution >= 4 is 5.78 Å². The molecule has 0 aliphatic rings. The second-order valence-electron chi connectivity index (χ2n) is 3.74. The molecule has 1 rings (SSSR count). The molecule has 0 fully saturated rings. The van der Waals surface area contributed by atoms with E-state index in [0.29, 0.717) is 12.0 Å². The summed E-state index contributed by atoms with van der Waals surface area (Å²) in [4.78, 5) is 11.6. The third-order valence-corrected chi connectivity index (χ3v) is 2.38. The largest absolute Gasteiger partial charge is 0.286 e. The Morgan fingerprint density at radius 2 is 1.94 bits per heavy atom. The molecule has 0 atom stereocenters. The molecule has 0 aliphatic carbocycles. The number of unbranched alkanes of at least 4 members (excludes halogenated alkanes) is 3. The molecule has 1 aromatic carbocycles. The minimum Gasteiger partial charge on any atom is -0.286 e. The van der Waals surface area contributed by atoms with Crippen LogP contribution < -0.4 is 0 Å². The molecule has 0 aromatic heterocycles. The van der Waals surface area contributed by atoms with E-state index >= 15 is 0 Å². The van der Waals surface area contributed by atoms with Gasteiger partial charge in [-0.15, -0.1) is 0 Å². The van der Waals surface area contributed by atoms with Crippen molar-refractivity contribution in [2.45, 2.75) is 32.6 Å². The molecule has 0 unspecified atom stereocenters. The van der Waals surface area contributed by atoms with Crippen LogP contribution in [0.15, 0.2) is 42.2 Å². The van der Waals surface area contributed by atoms with Crippen LogP contribution in [0.1, 0.15) is 43.0 Å². The van der Waals surface area contributed by atoms with E-state index < -0.39 is 11.6 Å². The van der Waals surface area contributed by atoms with Crippen LogP contribution in [0.2, 0.25) is 0 Å². The highest BCUT2D eigenvalue weighted by atomic mass is 19.1. The van der Waals surface area contributed by atoms with Gasteiger partial charge in [-0.25, -0.2) is 4.39 Å². The lowest BCUT2D eigenvalue weighted by molar-refractivity contribution is 0.100. The first-order chi connectivity index (χ1) is 7.75. The summed E-state index contributed by atoms with van der Waals surface area (Å²) < 4.78 is 13.4. The van der Waals surface area contributed by atoms with Crippen LogP contribution in [-0.4, -0.2) is 5.78 Å². The van der Waals surface area contributed by atoms with Crippen LogP contribution in [0.3, 0.4) is 0 Å². The molecule has 1 aromatic rings. The van der Waals surface area contributed by atoms with Gasteiger partial charge >= 0.3 is 0 Å². The van der Waals surface area contributed by atoms with Gasteiger partial charge in [0.15, 0.2) is 5.83 Å². The van der Waals surface area contributed by atoms with Gasteiger partial charge in [-0.1, -0.05) is 50.1 Å². The predicted octanol–water partition coefficient (Wildman–Crippen LogP) is 4.30. The second kappa shape index (κ2) is 6.94. The number of carbonyl (C=O) groups is 1. The van der Waals surface area contributed by atoms with Gasteiger partial charge in [0.2, 0.25) is 5.78 Å². The topological polar surface area (TPSA) is 17.1 Å². The molecule has 0 saturated heterocycles. The molecule has 0 spiro atoms. The Hall–Kier alpha value is -1.44. The maximum absolute atomic E-state index is 13.4. The summed E-state index contributed by atoms with van der Waals surface area (Å²) in [5, 5.41) is 0. The molecule has 2 heteroatoms. The van der Waals surface area contributed by atoms with Crippen LogP contribution in [0.5, 0.6) is 0 Å². The van der Waals surface area contributed by atoms with E-state index in [-0.39, 0.29) is 0 Å². The van der Waals surface area contributed by atoms with E-state index in [1.807, 2.05) is 0 Å². The lowest BCUT2D eigenvalue weighted by Crippen LogP contribution is -1.98. The van der Waals surface area contributed by atoms with Crippen molar-refractivity contribution in [2.24, 2.45) is 0 Å². The highest BCUT2D eigenvalue weighted by Crippen LogP contribution is 2.11. The third-order valence-electron chi connectivity index (χ3n) is 2.38. The third kappa shape index (κ3) is 3.97. The second-order valence-corrected chi connectivity index (χ2v) is 3.74. The summed E-state index contributed by atoms with van der Waals surface area (Å²) in [7, 11) is 0. The van der Waals surface area contributed by atoms with Crippen LogP contribution in [0.25, 0.3) is 0 Å². The van der Waals surface area contributed by atoms with Crippen LogP contribution in [0, 0.1) is 0 Å². The number of halogens is 1. The summed E-state index contributed by atoms with van der Waals surface area (Å²) in [6.45, 7) is 2.09. The van der Waals surface area contributed by atoms with Crippen molar-refractivity contribution < 1.29 is 9.18 Å². The Morgan fingerprint density at radius 1 is 1.25 bits per heavy atom. The quantitative estimate of drug-likeness (QED) is 0.397. The number of hydrogen-bond acceptors (Lipinski definition) is 1. The van der Waals surface area contributed by atoms with Crippen molar-refractivity contribution in [3.05, 3.63) is 47.8 Å². The van der Waals surface area contributed by atoms with Gasteiger partial charge < -0.3 is 0 Å². The van der Waals surface area contributed by atoms with E-state index in [1.165, 1.54) is 6.08 Å². The molecule has 0 radical (unpaired) electrons. The number of hydrogen-bond donors (Lipinski definition) is 0. The first-order valence-electron chi connectivity index (χ1n) is 5.71. The molecule has 16 heavy (non-hydrogen) atoms. The molecular weight excluding hydrogens is 203 g/mol. The first-order valence-corrected chi connectivity index (χ1v) is 5.71. The molecule has 0 aliphatic heterocycles. The van der Waals surface area contributed by atoms with Crippen molar-refractivity contribution in [2.75, 3.05) is 0 Å². The van der Waals surface area contributed by atoms with Gasteiger partial charge in [-0.2, -0.15) is 0 Å². The van der Waals surface area contributed by atoms with Crippen LogP contribution in [0.4, 0.5) is 4.39 Å². The van der Waals surface area contributed by atoms with Crippen LogP contribution >= 0.6 is 0 Å². The smallest absolute Gasteiger partial charge is 0.221 e. The van der Waals surface area contributed by atoms with Gasteiger partial charge in [0, 0.05) is 5.56 Å². The molecule has 0 heterocycles. The molecule has 86 valence electrons. The van der Waals surface area contributed by atoms with Crippen molar-refractivity contribution in [1.82, 2.24) is 0 Å². The summed E-state index contributed by atoms with van der Waals surface area (Å²) in [6.07, 6.45) is 5.14. The molecule has 0 N–H and O–H groups in total. The maximum atomic E-state index is 13.4. The summed E-state index contributed by atoms with van der Waals surface area (Å²) in [5.74, 6) is -1.15. The average Bonchev–Trinajstić information content (AvgIpc) is 2.34. The fourth-order valence-electron chi connectivity index (χ4n) is 1.44. The maximum Gasteiger partial charge on any atom is 0.221 e. The van der Waals surface area contributed by atoms with E-state index in [9.17, 15) is 9.18 Å². The summed E-state index contributed by atoms with van der Waals surface area (Å²) >= 11 is 0. The Bertz CT molecular complexity index is 354. The number of ketones is 1. The van der Waals surface area contributed by atoms with Crippen molar-refractivity contribution in [3.63, 3.8) is 0 Å².